The van der Waals surface area contributed by atoms with Gasteiger partial charge < -0.3 is 10.6 Å². The van der Waals surface area contributed by atoms with Gasteiger partial charge in [0.25, 0.3) is 0 Å². The van der Waals surface area contributed by atoms with Gasteiger partial charge >= 0.3 is 0 Å². The van der Waals surface area contributed by atoms with Gasteiger partial charge in [0.05, 0.1) is 5.69 Å². The highest BCUT2D eigenvalue weighted by Gasteiger charge is 2.57. The smallest absolute Gasteiger partial charge is 0.229 e. The maximum atomic E-state index is 12.3. The third-order valence-electron chi connectivity index (χ3n) is 4.45. The topological polar surface area (TPSA) is 54.0 Å². The lowest BCUT2D eigenvalue weighted by molar-refractivity contribution is -0.118. The van der Waals surface area contributed by atoms with E-state index in [1.54, 1.807) is 0 Å². The minimum Gasteiger partial charge on any atom is -0.317 e. The molecule has 0 radical (unpaired) electrons. The molecule has 1 atom stereocenters. The Morgan fingerprint density at radius 1 is 1.50 bits per heavy atom. The average Bonchev–Trinajstić information content (AvgIpc) is 2.86. The Hall–Kier alpha value is -0.650. The van der Waals surface area contributed by atoms with Gasteiger partial charge in [-0.3, -0.25) is 4.79 Å². The third-order valence-corrected chi connectivity index (χ3v) is 5.23. The largest absolute Gasteiger partial charge is 0.317 e. The quantitative estimate of drug-likeness (QED) is 0.901. The highest BCUT2D eigenvalue weighted by Crippen LogP contribution is 2.58. The standard InChI is InChI=1S/C14H21N3OS.ClH/c1-9(2)11-8-19-13(16-11)17-12(18)10-7-14(10)3-5-15-6-4-14;/h8-10,15H,3-7H2,1-2H3,(H,16,17,18);1H. The Morgan fingerprint density at radius 2 is 2.20 bits per heavy atom. The minimum absolute atomic E-state index is 0. The van der Waals surface area contributed by atoms with E-state index in [2.05, 4.69) is 29.5 Å². The molecule has 1 saturated carbocycles. The molecule has 4 nitrogen and oxygen atoms in total. The van der Waals surface area contributed by atoms with E-state index in [1.807, 2.05) is 5.38 Å². The number of halogens is 1. The summed E-state index contributed by atoms with van der Waals surface area (Å²) in [6.07, 6.45) is 3.34. The molecular weight excluding hydrogens is 294 g/mol. The molecule has 20 heavy (non-hydrogen) atoms. The summed E-state index contributed by atoms with van der Waals surface area (Å²) in [7, 11) is 0. The van der Waals surface area contributed by atoms with Crippen molar-refractivity contribution in [3.63, 3.8) is 0 Å². The number of amides is 1. The molecule has 1 spiro atoms. The number of anilines is 1. The van der Waals surface area contributed by atoms with Crippen LogP contribution in [0.4, 0.5) is 5.13 Å². The predicted octanol–water partition coefficient (Wildman–Crippen LogP) is 3.02. The van der Waals surface area contributed by atoms with Crippen molar-refractivity contribution in [2.75, 3.05) is 18.4 Å². The summed E-state index contributed by atoms with van der Waals surface area (Å²) in [6.45, 7) is 6.34. The van der Waals surface area contributed by atoms with Gasteiger partial charge in [0.15, 0.2) is 5.13 Å². The fraction of sp³-hybridized carbons (Fsp3) is 0.714. The number of carbonyl (C=O) groups is 1. The normalized spacial score (nSPS) is 23.4. The van der Waals surface area contributed by atoms with Crippen LogP contribution in [0.15, 0.2) is 5.38 Å². The van der Waals surface area contributed by atoms with Crippen molar-refractivity contribution < 1.29 is 4.79 Å². The van der Waals surface area contributed by atoms with E-state index in [4.69, 9.17) is 0 Å². The van der Waals surface area contributed by atoms with E-state index in [1.165, 1.54) is 11.3 Å². The monoisotopic (exact) mass is 315 g/mol. The van der Waals surface area contributed by atoms with E-state index >= 15 is 0 Å². The summed E-state index contributed by atoms with van der Waals surface area (Å²) >= 11 is 1.53. The molecule has 1 saturated heterocycles. The summed E-state index contributed by atoms with van der Waals surface area (Å²) < 4.78 is 0. The Bertz CT molecular complexity index is 483. The molecule has 1 aliphatic carbocycles. The molecule has 2 N–H and O–H groups in total. The third kappa shape index (κ3) is 3.00. The predicted molar refractivity (Wildman–Crippen MR) is 84.7 cm³/mol. The fourth-order valence-corrected chi connectivity index (χ4v) is 3.87. The zero-order valence-corrected chi connectivity index (χ0v) is 13.6. The van der Waals surface area contributed by atoms with Crippen LogP contribution in [-0.4, -0.2) is 24.0 Å². The van der Waals surface area contributed by atoms with Crippen molar-refractivity contribution in [3.8, 4) is 0 Å². The summed E-state index contributed by atoms with van der Waals surface area (Å²) in [6, 6.07) is 0. The number of nitrogens with zero attached hydrogens (tertiary/aromatic N) is 1. The van der Waals surface area contributed by atoms with Gasteiger partial charge in [-0.1, -0.05) is 13.8 Å². The number of thiazole rings is 1. The van der Waals surface area contributed by atoms with Crippen LogP contribution >= 0.6 is 23.7 Å². The first kappa shape index (κ1) is 15.7. The van der Waals surface area contributed by atoms with Gasteiger partial charge in [0, 0.05) is 11.3 Å². The number of hydrogen-bond acceptors (Lipinski definition) is 4. The zero-order valence-electron chi connectivity index (χ0n) is 11.9. The fourth-order valence-electron chi connectivity index (χ4n) is 3.00. The summed E-state index contributed by atoms with van der Waals surface area (Å²) in [4.78, 5) is 16.7. The van der Waals surface area contributed by atoms with Gasteiger partial charge in [-0.15, -0.1) is 23.7 Å². The lowest BCUT2D eigenvalue weighted by Crippen LogP contribution is -2.31. The van der Waals surface area contributed by atoms with Crippen molar-refractivity contribution in [2.24, 2.45) is 11.3 Å². The van der Waals surface area contributed by atoms with Gasteiger partial charge in [-0.25, -0.2) is 4.98 Å². The van der Waals surface area contributed by atoms with Crippen LogP contribution in [-0.2, 0) is 4.79 Å². The average molecular weight is 316 g/mol. The number of rotatable bonds is 3. The van der Waals surface area contributed by atoms with Crippen molar-refractivity contribution in [1.82, 2.24) is 10.3 Å². The second kappa shape index (κ2) is 6.00. The van der Waals surface area contributed by atoms with Crippen LogP contribution in [0.5, 0.6) is 0 Å². The Kier molecular flexibility index (Phi) is 4.72. The van der Waals surface area contributed by atoms with E-state index < -0.39 is 0 Å². The molecular formula is C14H22ClN3OS. The molecule has 1 aromatic rings. The molecule has 3 rings (SSSR count). The zero-order chi connectivity index (χ0) is 13.5. The van der Waals surface area contributed by atoms with Crippen LogP contribution in [0.3, 0.4) is 0 Å². The number of carbonyl (C=O) groups excluding carboxylic acids is 1. The van der Waals surface area contributed by atoms with Crippen molar-refractivity contribution in [3.05, 3.63) is 11.1 Å². The van der Waals surface area contributed by atoms with E-state index in [-0.39, 0.29) is 24.2 Å². The number of piperidine rings is 1. The van der Waals surface area contributed by atoms with Crippen LogP contribution in [0.1, 0.15) is 44.7 Å². The molecule has 0 bridgehead atoms. The molecule has 1 aromatic heterocycles. The second-order valence-electron chi connectivity index (χ2n) is 6.09. The molecule has 2 fully saturated rings. The molecule has 1 unspecified atom stereocenters. The van der Waals surface area contributed by atoms with Gasteiger partial charge in [0.1, 0.15) is 0 Å². The first-order valence-corrected chi connectivity index (χ1v) is 7.96. The van der Waals surface area contributed by atoms with Crippen molar-refractivity contribution >= 4 is 34.8 Å². The van der Waals surface area contributed by atoms with Gasteiger partial charge in [-0.2, -0.15) is 0 Å². The SMILES string of the molecule is CC(C)c1csc(NC(=O)C2CC23CCNCC3)n1.Cl. The molecule has 112 valence electrons. The Morgan fingerprint density at radius 3 is 2.80 bits per heavy atom. The van der Waals surface area contributed by atoms with Crippen molar-refractivity contribution in [1.29, 1.82) is 0 Å². The maximum Gasteiger partial charge on any atom is 0.229 e. The lowest BCUT2D eigenvalue weighted by atomic mass is 9.92. The highest BCUT2D eigenvalue weighted by atomic mass is 35.5. The molecule has 6 heteroatoms. The van der Waals surface area contributed by atoms with E-state index in [0.29, 0.717) is 11.3 Å². The highest BCUT2D eigenvalue weighted by molar-refractivity contribution is 7.13. The van der Waals surface area contributed by atoms with Crippen LogP contribution in [0, 0.1) is 11.3 Å². The van der Waals surface area contributed by atoms with Crippen LogP contribution in [0.2, 0.25) is 0 Å². The van der Waals surface area contributed by atoms with Gasteiger partial charge in [-0.05, 0) is 43.7 Å². The second-order valence-corrected chi connectivity index (χ2v) is 6.95. The molecule has 0 aromatic carbocycles. The molecule has 2 heterocycles. The summed E-state index contributed by atoms with van der Waals surface area (Å²) in [5, 5.41) is 9.15. The van der Waals surface area contributed by atoms with Crippen LogP contribution in [0.25, 0.3) is 0 Å². The summed E-state index contributed by atoms with van der Waals surface area (Å²) in [5.41, 5.74) is 1.36. The number of nitrogens with one attached hydrogen (secondary N) is 2. The van der Waals surface area contributed by atoms with Gasteiger partial charge in [0.2, 0.25) is 5.91 Å². The van der Waals surface area contributed by atoms with Crippen molar-refractivity contribution in [2.45, 2.75) is 39.0 Å². The van der Waals surface area contributed by atoms with Crippen LogP contribution < -0.4 is 10.6 Å². The lowest BCUT2D eigenvalue weighted by Gasteiger charge is -2.22. The van der Waals surface area contributed by atoms with E-state index in [0.717, 1.165) is 43.2 Å². The van der Waals surface area contributed by atoms with E-state index in [9.17, 15) is 4.79 Å². The Labute approximate surface area is 130 Å². The summed E-state index contributed by atoms with van der Waals surface area (Å²) in [5.74, 6) is 0.797. The first-order chi connectivity index (χ1) is 9.11. The Balaban J connectivity index is 0.00000147. The first-order valence-electron chi connectivity index (χ1n) is 7.08. The minimum atomic E-state index is 0. The maximum absolute atomic E-state index is 12.3. The number of hydrogen-bond donors (Lipinski definition) is 2. The molecule has 1 amide bonds. The molecule has 2 aliphatic rings. The molecule has 1 aliphatic heterocycles. The number of aromatic nitrogens is 1.